The van der Waals surface area contributed by atoms with Crippen LogP contribution in [0.15, 0.2) is 46.0 Å². The van der Waals surface area contributed by atoms with Crippen molar-refractivity contribution in [1.82, 2.24) is 15.2 Å². The van der Waals surface area contributed by atoms with Gasteiger partial charge >= 0.3 is 0 Å². The number of hydrogen-bond acceptors (Lipinski definition) is 4. The summed E-state index contributed by atoms with van der Waals surface area (Å²) in [5.41, 5.74) is 1.83. The van der Waals surface area contributed by atoms with Crippen LogP contribution in [0.25, 0.3) is 11.5 Å². The first-order valence-electron chi connectivity index (χ1n) is 8.74. The lowest BCUT2D eigenvalue weighted by Crippen LogP contribution is -2.50. The summed E-state index contributed by atoms with van der Waals surface area (Å²) >= 11 is 2.02. The largest absolute Gasteiger partial charge is 0.444 e. The van der Waals surface area contributed by atoms with Gasteiger partial charge in [-0.15, -0.1) is 24.0 Å². The van der Waals surface area contributed by atoms with E-state index in [0.29, 0.717) is 12.4 Å². The van der Waals surface area contributed by atoms with E-state index in [9.17, 15) is 0 Å². The molecule has 0 bridgehead atoms. The third kappa shape index (κ3) is 5.64. The number of thioether (sulfide) groups is 1. The number of halogens is 1. The highest BCUT2D eigenvalue weighted by molar-refractivity contribution is 14.0. The molecular formula is C19H27IN4OS. The van der Waals surface area contributed by atoms with E-state index < -0.39 is 0 Å². The predicted octanol–water partition coefficient (Wildman–Crippen LogP) is 4.25. The molecule has 2 heterocycles. The second-order valence-corrected chi connectivity index (χ2v) is 8.51. The summed E-state index contributed by atoms with van der Waals surface area (Å²) in [6.45, 7) is 10.1. The van der Waals surface area contributed by atoms with Crippen LogP contribution in [0.3, 0.4) is 0 Å². The van der Waals surface area contributed by atoms with Crippen molar-refractivity contribution in [3.8, 4) is 11.5 Å². The molecule has 1 aromatic carbocycles. The fraction of sp³-hybridized carbons (Fsp3) is 0.474. The van der Waals surface area contributed by atoms with Gasteiger partial charge in [-0.05, 0) is 32.9 Å². The molecule has 1 fully saturated rings. The Morgan fingerprint density at radius 3 is 2.81 bits per heavy atom. The van der Waals surface area contributed by atoms with E-state index in [-0.39, 0.29) is 28.7 Å². The van der Waals surface area contributed by atoms with E-state index in [4.69, 9.17) is 9.41 Å². The number of nitrogens with zero attached hydrogens (tertiary/aromatic N) is 3. The van der Waals surface area contributed by atoms with Gasteiger partial charge in [-0.25, -0.2) is 9.98 Å². The molecule has 1 N–H and O–H groups in total. The average Bonchev–Trinajstić information content (AvgIpc) is 3.07. The smallest absolute Gasteiger partial charge is 0.226 e. The Morgan fingerprint density at radius 1 is 1.35 bits per heavy atom. The third-order valence-electron chi connectivity index (χ3n) is 4.02. The topological polar surface area (TPSA) is 53.7 Å². The number of hydrogen-bond donors (Lipinski definition) is 1. The summed E-state index contributed by atoms with van der Waals surface area (Å²) in [6.07, 6.45) is 1.70. The number of aliphatic imine (C=N–C) groups is 1. The van der Waals surface area contributed by atoms with Gasteiger partial charge in [0.05, 0.1) is 6.54 Å². The molecule has 1 saturated heterocycles. The molecule has 1 aliphatic rings. The molecule has 7 heteroatoms. The zero-order valence-corrected chi connectivity index (χ0v) is 18.7. The quantitative estimate of drug-likeness (QED) is 0.398. The molecule has 2 aromatic rings. The lowest BCUT2D eigenvalue weighted by Gasteiger charge is -2.39. The number of guanidine groups is 1. The van der Waals surface area contributed by atoms with Crippen molar-refractivity contribution < 1.29 is 4.42 Å². The summed E-state index contributed by atoms with van der Waals surface area (Å²) in [5, 5.41) is 3.41. The van der Waals surface area contributed by atoms with Crippen LogP contribution in [0.2, 0.25) is 0 Å². The number of nitrogens with one attached hydrogen (secondary N) is 1. The zero-order chi connectivity index (χ0) is 17.7. The normalized spacial score (nSPS) is 16.9. The van der Waals surface area contributed by atoms with Gasteiger partial charge in [-0.1, -0.05) is 18.2 Å². The lowest BCUT2D eigenvalue weighted by molar-refractivity contribution is 0.375. The van der Waals surface area contributed by atoms with Crippen molar-refractivity contribution >= 4 is 41.7 Å². The third-order valence-corrected chi connectivity index (χ3v) is 5.32. The van der Waals surface area contributed by atoms with Crippen molar-refractivity contribution in [2.75, 3.05) is 25.4 Å². The molecule has 1 aromatic heterocycles. The van der Waals surface area contributed by atoms with Crippen molar-refractivity contribution in [1.29, 1.82) is 0 Å². The number of rotatable bonds is 4. The summed E-state index contributed by atoms with van der Waals surface area (Å²) in [6, 6.07) is 9.94. The second-order valence-electron chi connectivity index (χ2n) is 6.71. The van der Waals surface area contributed by atoms with Gasteiger partial charge in [0, 0.05) is 35.7 Å². The van der Waals surface area contributed by atoms with Gasteiger partial charge in [-0.2, -0.15) is 11.8 Å². The maximum atomic E-state index is 5.60. The Bertz CT molecular complexity index is 717. The summed E-state index contributed by atoms with van der Waals surface area (Å²) < 4.78 is 5.86. The minimum Gasteiger partial charge on any atom is -0.444 e. The summed E-state index contributed by atoms with van der Waals surface area (Å²) in [4.78, 5) is 11.7. The minimum atomic E-state index is 0. The molecule has 0 atom stereocenters. The highest BCUT2D eigenvalue weighted by Crippen LogP contribution is 2.29. The standard InChI is InChI=1S/C19H26N4OS.HI/c1-4-20-18(23-10-11-25-19(2,3)14-23)21-12-16-13-24-17(22-16)15-8-6-5-7-9-15;/h5-9,13H,4,10-12,14H2,1-3H3,(H,20,21);1H. The highest BCUT2D eigenvalue weighted by Gasteiger charge is 2.28. The van der Waals surface area contributed by atoms with Gasteiger partial charge in [0.2, 0.25) is 5.89 Å². The number of aromatic nitrogens is 1. The van der Waals surface area contributed by atoms with Gasteiger partial charge < -0.3 is 14.6 Å². The van der Waals surface area contributed by atoms with Gasteiger partial charge in [-0.3, -0.25) is 0 Å². The maximum absolute atomic E-state index is 5.60. The van der Waals surface area contributed by atoms with Gasteiger partial charge in [0.1, 0.15) is 12.0 Å². The van der Waals surface area contributed by atoms with E-state index in [2.05, 4.69) is 36.0 Å². The Hall–Kier alpha value is -1.22. The first-order chi connectivity index (χ1) is 12.1. The number of oxazole rings is 1. The molecule has 1 aliphatic heterocycles. The molecule has 26 heavy (non-hydrogen) atoms. The molecule has 3 rings (SSSR count). The zero-order valence-electron chi connectivity index (χ0n) is 15.6. The molecule has 0 aliphatic carbocycles. The van der Waals surface area contributed by atoms with Crippen molar-refractivity contribution in [2.45, 2.75) is 32.1 Å². The molecule has 142 valence electrons. The monoisotopic (exact) mass is 486 g/mol. The van der Waals surface area contributed by atoms with E-state index in [0.717, 1.165) is 42.6 Å². The van der Waals surface area contributed by atoms with Crippen LogP contribution in [0.4, 0.5) is 0 Å². The van der Waals surface area contributed by atoms with E-state index in [1.54, 1.807) is 6.26 Å². The van der Waals surface area contributed by atoms with Crippen molar-refractivity contribution in [3.05, 3.63) is 42.3 Å². The van der Waals surface area contributed by atoms with Crippen molar-refractivity contribution in [3.63, 3.8) is 0 Å². The second kappa shape index (κ2) is 9.64. The maximum Gasteiger partial charge on any atom is 0.226 e. The van der Waals surface area contributed by atoms with Crippen LogP contribution in [-0.2, 0) is 6.54 Å². The van der Waals surface area contributed by atoms with Gasteiger partial charge in [0.25, 0.3) is 0 Å². The van der Waals surface area contributed by atoms with Crippen LogP contribution >= 0.6 is 35.7 Å². The van der Waals surface area contributed by atoms with E-state index in [1.807, 2.05) is 42.1 Å². The van der Waals surface area contributed by atoms with Crippen LogP contribution in [0.5, 0.6) is 0 Å². The summed E-state index contributed by atoms with van der Waals surface area (Å²) in [7, 11) is 0. The Balaban J connectivity index is 0.00000243. The van der Waals surface area contributed by atoms with Crippen LogP contribution in [-0.4, -0.2) is 46.0 Å². The summed E-state index contributed by atoms with van der Waals surface area (Å²) in [5.74, 6) is 2.73. The molecular weight excluding hydrogens is 459 g/mol. The number of benzene rings is 1. The molecule has 0 amide bonds. The average molecular weight is 486 g/mol. The molecule has 0 spiro atoms. The lowest BCUT2D eigenvalue weighted by atomic mass is 10.2. The molecule has 0 saturated carbocycles. The van der Waals surface area contributed by atoms with Crippen LogP contribution in [0, 0.1) is 0 Å². The fourth-order valence-electron chi connectivity index (χ4n) is 2.87. The minimum absolute atomic E-state index is 0. The van der Waals surface area contributed by atoms with E-state index in [1.165, 1.54) is 0 Å². The van der Waals surface area contributed by atoms with Gasteiger partial charge in [0.15, 0.2) is 5.96 Å². The Labute approximate surface area is 177 Å². The Kier molecular flexibility index (Phi) is 7.82. The highest BCUT2D eigenvalue weighted by atomic mass is 127. The van der Waals surface area contributed by atoms with Crippen LogP contribution in [0.1, 0.15) is 26.5 Å². The molecule has 0 unspecified atom stereocenters. The van der Waals surface area contributed by atoms with Crippen LogP contribution < -0.4 is 5.32 Å². The molecule has 5 nitrogen and oxygen atoms in total. The SMILES string of the molecule is CCNC(=NCc1coc(-c2ccccc2)n1)N1CCSC(C)(C)C1.I. The van der Waals surface area contributed by atoms with Crippen molar-refractivity contribution in [2.24, 2.45) is 4.99 Å². The first-order valence-corrected chi connectivity index (χ1v) is 9.73. The van der Waals surface area contributed by atoms with E-state index >= 15 is 0 Å². The Morgan fingerprint density at radius 2 is 2.12 bits per heavy atom. The predicted molar refractivity (Wildman–Crippen MR) is 120 cm³/mol. The molecule has 0 radical (unpaired) electrons. The first kappa shape index (κ1) is 21.1. The fourth-order valence-corrected chi connectivity index (χ4v) is 3.98.